The molecule has 0 aliphatic rings. The average Bonchev–Trinajstić information content (AvgIpc) is 3.10. The third kappa shape index (κ3) is 6.97. The van der Waals surface area contributed by atoms with Crippen LogP contribution in [-0.2, 0) is 44.2 Å². The van der Waals surface area contributed by atoms with Gasteiger partial charge in [0, 0.05) is 0 Å². The Bertz CT molecular complexity index is 733. The standard InChI is InChI=1S/C19H34N.3C3H7O.Ti/c1-10-17(4,5)14-13-15(18(6,7)11-2)20-16(14)19(8,9)12-3;3*1-3(2)4;/h13H,10-12H2,1-9H3;3*3H,1-2H3;/q4*-1;+4. The van der Waals surface area contributed by atoms with Crippen molar-refractivity contribution < 1.29 is 28.0 Å². The van der Waals surface area contributed by atoms with Gasteiger partial charge in [-0.25, -0.2) is 0 Å². The van der Waals surface area contributed by atoms with Crippen molar-refractivity contribution in [1.29, 1.82) is 0 Å². The molecule has 4 nitrogen and oxygen atoms in total. The molecular formula is C28H55NO3Ti. The van der Waals surface area contributed by atoms with Crippen molar-refractivity contribution in [2.24, 2.45) is 0 Å². The second kappa shape index (κ2) is 11.3. The van der Waals surface area contributed by atoms with Crippen molar-refractivity contribution in [1.82, 2.24) is 3.05 Å². The van der Waals surface area contributed by atoms with Crippen molar-refractivity contribution in [2.45, 2.75) is 158 Å². The topological polar surface area (TPSA) is 32.6 Å². The van der Waals surface area contributed by atoms with Crippen LogP contribution >= 0.6 is 0 Å². The summed E-state index contributed by atoms with van der Waals surface area (Å²) in [6, 6.07) is 2.47. The molecule has 0 saturated heterocycles. The van der Waals surface area contributed by atoms with E-state index in [9.17, 15) is 0 Å². The van der Waals surface area contributed by atoms with E-state index in [1.807, 2.05) is 0 Å². The molecule has 1 rings (SSSR count). The molecule has 0 aliphatic heterocycles. The van der Waals surface area contributed by atoms with Crippen LogP contribution in [0, 0.1) is 0 Å². The first kappa shape index (κ1) is 30.9. The van der Waals surface area contributed by atoms with Gasteiger partial charge >= 0.3 is 212 Å². The van der Waals surface area contributed by atoms with Crippen molar-refractivity contribution >= 4 is 0 Å². The van der Waals surface area contributed by atoms with Crippen LogP contribution in [0.25, 0.3) is 0 Å². The van der Waals surface area contributed by atoms with Gasteiger partial charge in [-0.3, -0.25) is 0 Å². The van der Waals surface area contributed by atoms with Crippen LogP contribution in [0.2, 0.25) is 0 Å². The molecule has 1 aromatic rings. The summed E-state index contributed by atoms with van der Waals surface area (Å²) in [6.07, 6.45) is 3.13. The first-order chi connectivity index (χ1) is 14.9. The molecular weight excluding hydrogens is 446 g/mol. The van der Waals surface area contributed by atoms with E-state index in [1.54, 1.807) is 0 Å². The summed E-state index contributed by atoms with van der Waals surface area (Å²) in [6.45, 7) is 33.6. The van der Waals surface area contributed by atoms with Gasteiger partial charge in [-0.2, -0.15) is 0 Å². The quantitative estimate of drug-likeness (QED) is 0.254. The predicted molar refractivity (Wildman–Crippen MR) is 138 cm³/mol. The maximum absolute atomic E-state index is 6.87. The summed E-state index contributed by atoms with van der Waals surface area (Å²) >= 11 is -4.06. The number of aromatic nitrogens is 1. The molecule has 0 spiro atoms. The van der Waals surface area contributed by atoms with Crippen molar-refractivity contribution in [3.05, 3.63) is 23.0 Å². The minimum absolute atomic E-state index is 0.00251. The Labute approximate surface area is 211 Å². The van der Waals surface area contributed by atoms with Gasteiger partial charge in [-0.1, -0.05) is 0 Å². The van der Waals surface area contributed by atoms with Crippen molar-refractivity contribution in [3.63, 3.8) is 0 Å². The van der Waals surface area contributed by atoms with Gasteiger partial charge in [-0.05, 0) is 0 Å². The Kier molecular flexibility index (Phi) is 10.6. The van der Waals surface area contributed by atoms with Crippen LogP contribution in [0.4, 0.5) is 0 Å². The predicted octanol–water partition coefficient (Wildman–Crippen LogP) is 8.49. The van der Waals surface area contributed by atoms with Crippen LogP contribution in [-0.4, -0.2) is 21.4 Å². The molecule has 1 aromatic heterocycles. The number of nitrogens with zero attached hydrogens (tertiary/aromatic N) is 1. The van der Waals surface area contributed by atoms with E-state index >= 15 is 0 Å². The fraction of sp³-hybridized carbons (Fsp3) is 0.857. The summed E-state index contributed by atoms with van der Waals surface area (Å²) in [5.74, 6) is 0. The molecule has 5 heteroatoms. The average molecular weight is 502 g/mol. The van der Waals surface area contributed by atoms with E-state index in [0.29, 0.717) is 0 Å². The summed E-state index contributed by atoms with van der Waals surface area (Å²) in [7, 11) is 0. The first-order valence-electron chi connectivity index (χ1n) is 13.2. The zero-order valence-corrected chi connectivity index (χ0v) is 26.2. The third-order valence-corrected chi connectivity index (χ3v) is 12.3. The Hall–Kier alpha value is -0.126. The molecule has 0 aliphatic carbocycles. The van der Waals surface area contributed by atoms with Crippen LogP contribution < -0.4 is 0 Å². The van der Waals surface area contributed by atoms with Gasteiger partial charge in [0.05, 0.1) is 0 Å². The summed E-state index contributed by atoms with van der Waals surface area (Å²) in [5.41, 5.74) is 3.98. The fourth-order valence-electron chi connectivity index (χ4n) is 4.15. The fourth-order valence-corrected chi connectivity index (χ4v) is 9.82. The monoisotopic (exact) mass is 501 g/mol. The first-order valence-corrected chi connectivity index (χ1v) is 15.8. The van der Waals surface area contributed by atoms with E-state index in [2.05, 4.69) is 113 Å². The Morgan fingerprint density at radius 1 is 0.667 bits per heavy atom. The molecule has 0 aromatic carbocycles. The summed E-state index contributed by atoms with van der Waals surface area (Å²) in [5, 5.41) is 0. The zero-order chi connectivity index (χ0) is 26.0. The second-order valence-electron chi connectivity index (χ2n) is 12.4. The van der Waals surface area contributed by atoms with Gasteiger partial charge in [0.1, 0.15) is 0 Å². The molecule has 0 atom stereocenters. The van der Waals surface area contributed by atoms with Gasteiger partial charge < -0.3 is 0 Å². The summed E-state index contributed by atoms with van der Waals surface area (Å²) < 4.78 is 23.1. The van der Waals surface area contributed by atoms with E-state index in [0.717, 1.165) is 19.3 Å². The third-order valence-electron chi connectivity index (χ3n) is 7.14. The minimum atomic E-state index is -4.06. The Morgan fingerprint density at radius 3 is 1.33 bits per heavy atom. The summed E-state index contributed by atoms with van der Waals surface area (Å²) in [4.78, 5) is 0. The van der Waals surface area contributed by atoms with Crippen LogP contribution in [0.15, 0.2) is 6.07 Å². The molecule has 0 N–H and O–H groups in total. The second-order valence-corrected chi connectivity index (χ2v) is 15.8. The SMILES string of the molecule is CCC(C)(C)c1cc(C(C)(C)CC)[n]([Ti]([O]C(C)C)([O]C(C)C)[O]C(C)C)c1C(C)(C)CC. The van der Waals surface area contributed by atoms with Crippen LogP contribution in [0.5, 0.6) is 0 Å². The van der Waals surface area contributed by atoms with Gasteiger partial charge in [0.15, 0.2) is 0 Å². The molecule has 0 saturated carbocycles. The number of hydrogen-bond acceptors (Lipinski definition) is 3. The van der Waals surface area contributed by atoms with Gasteiger partial charge in [0.25, 0.3) is 0 Å². The Morgan fingerprint density at radius 2 is 1.03 bits per heavy atom. The number of hydrogen-bond donors (Lipinski definition) is 0. The Balaban J connectivity index is 4.37. The molecule has 0 fully saturated rings. The zero-order valence-electron chi connectivity index (χ0n) is 24.6. The number of rotatable bonds is 13. The van der Waals surface area contributed by atoms with E-state index in [1.165, 1.54) is 17.0 Å². The van der Waals surface area contributed by atoms with E-state index < -0.39 is 18.0 Å². The van der Waals surface area contributed by atoms with E-state index in [-0.39, 0.29) is 34.6 Å². The van der Waals surface area contributed by atoms with E-state index in [4.69, 9.17) is 9.96 Å². The van der Waals surface area contributed by atoms with Crippen molar-refractivity contribution in [3.8, 4) is 0 Å². The van der Waals surface area contributed by atoms with Crippen LogP contribution in [0.1, 0.15) is 140 Å². The molecule has 33 heavy (non-hydrogen) atoms. The molecule has 0 radical (unpaired) electrons. The maximum atomic E-state index is 6.87. The van der Waals surface area contributed by atoms with Gasteiger partial charge in [-0.15, -0.1) is 0 Å². The normalized spacial score (nSPS) is 14.2. The molecule has 0 bridgehead atoms. The molecule has 1 heterocycles. The van der Waals surface area contributed by atoms with Gasteiger partial charge in [0.2, 0.25) is 0 Å². The van der Waals surface area contributed by atoms with Crippen LogP contribution in [0.3, 0.4) is 0 Å². The van der Waals surface area contributed by atoms with Crippen molar-refractivity contribution in [2.75, 3.05) is 0 Å². The molecule has 0 unspecified atom stereocenters. The molecule has 194 valence electrons. The molecule has 0 amide bonds.